The monoisotopic (exact) mass is 572 g/mol. The van der Waals surface area contributed by atoms with Crippen LogP contribution in [0.5, 0.6) is 17.2 Å². The van der Waals surface area contributed by atoms with Gasteiger partial charge in [-0.25, -0.2) is 8.78 Å². The maximum atomic E-state index is 14.3. The smallest absolute Gasteiger partial charge is 0.417 e. The van der Waals surface area contributed by atoms with Crippen LogP contribution in [0, 0.1) is 18.6 Å². The van der Waals surface area contributed by atoms with E-state index < -0.39 is 46.2 Å². The summed E-state index contributed by atoms with van der Waals surface area (Å²) in [5, 5.41) is 14.7. The van der Waals surface area contributed by atoms with Crippen LogP contribution in [-0.2, 0) is 6.18 Å². The third-order valence-corrected chi connectivity index (χ3v) is 5.67. The molecule has 3 N–H and O–H groups in total. The maximum Gasteiger partial charge on any atom is 0.417 e. The van der Waals surface area contributed by atoms with Crippen molar-refractivity contribution in [2.24, 2.45) is 0 Å². The lowest BCUT2D eigenvalue weighted by atomic mass is 10.1. The highest BCUT2D eigenvalue weighted by molar-refractivity contribution is 6.32. The zero-order chi connectivity index (χ0) is 28.9. The van der Waals surface area contributed by atoms with Gasteiger partial charge in [-0.3, -0.25) is 4.79 Å². The van der Waals surface area contributed by atoms with E-state index in [1.807, 2.05) is 13.8 Å². The van der Waals surface area contributed by atoms with Gasteiger partial charge in [0.1, 0.15) is 30.0 Å². The van der Waals surface area contributed by atoms with E-state index in [1.54, 1.807) is 0 Å². The number of amides is 1. The number of carbonyl (C=O) groups excluding carboxylic acids is 1. The molecule has 1 unspecified atom stereocenters. The molecule has 0 fully saturated rings. The second-order valence-electron chi connectivity index (χ2n) is 8.96. The van der Waals surface area contributed by atoms with E-state index >= 15 is 0 Å². The average Bonchev–Trinajstić information content (AvgIpc) is 2.84. The number of anilines is 1. The molecule has 0 saturated heterocycles. The number of aliphatic hydroxyl groups excluding tert-OH is 1. The van der Waals surface area contributed by atoms with Crippen molar-refractivity contribution >= 4 is 23.2 Å². The van der Waals surface area contributed by atoms with Crippen LogP contribution in [-0.4, -0.2) is 36.3 Å². The molecule has 12 heteroatoms. The molecule has 0 spiro atoms. The first kappa shape index (κ1) is 30.1. The van der Waals surface area contributed by atoms with Crippen molar-refractivity contribution in [2.75, 3.05) is 18.5 Å². The molecule has 0 saturated carbocycles. The summed E-state index contributed by atoms with van der Waals surface area (Å²) in [6.07, 6.45) is -5.78. The standard InChI is InChI=1S/C27H26ClF5N2O4/c1-14(2)34-12-18(36)13-38-25-9-17(5-6-22(25)30)35-26(37)19-10-21(28)20(27(31,32)33)11-24(19)39-23-7-4-16(29)8-15(23)3/h4-11,14,18,34,36H,12-13H2,1-3H3,(H,35,37). The van der Waals surface area contributed by atoms with Crippen LogP contribution in [0.4, 0.5) is 27.6 Å². The van der Waals surface area contributed by atoms with Crippen LogP contribution in [0.15, 0.2) is 48.5 Å². The lowest BCUT2D eigenvalue weighted by Crippen LogP contribution is -2.35. The second kappa shape index (κ2) is 12.6. The highest BCUT2D eigenvalue weighted by atomic mass is 35.5. The molecule has 1 atom stereocenters. The predicted octanol–water partition coefficient (Wildman–Crippen LogP) is 6.73. The molecule has 0 heterocycles. The minimum Gasteiger partial charge on any atom is -0.488 e. The zero-order valence-corrected chi connectivity index (χ0v) is 21.9. The highest BCUT2D eigenvalue weighted by Gasteiger charge is 2.35. The zero-order valence-electron chi connectivity index (χ0n) is 21.1. The van der Waals surface area contributed by atoms with E-state index in [-0.39, 0.29) is 47.5 Å². The van der Waals surface area contributed by atoms with Gasteiger partial charge < -0.3 is 25.2 Å². The number of alkyl halides is 3. The van der Waals surface area contributed by atoms with Gasteiger partial charge in [-0.05, 0) is 55.0 Å². The molecule has 3 aromatic rings. The largest absolute Gasteiger partial charge is 0.488 e. The Morgan fingerprint density at radius 2 is 1.74 bits per heavy atom. The summed E-state index contributed by atoms with van der Waals surface area (Å²) in [6.45, 7) is 5.23. The number of rotatable bonds is 10. The van der Waals surface area contributed by atoms with Gasteiger partial charge in [0.05, 0.1) is 16.1 Å². The summed E-state index contributed by atoms with van der Waals surface area (Å²) < 4.78 is 79.2. The molecule has 6 nitrogen and oxygen atoms in total. The number of aliphatic hydroxyl groups is 1. The summed E-state index contributed by atoms with van der Waals surface area (Å²) in [7, 11) is 0. The van der Waals surface area contributed by atoms with Crippen molar-refractivity contribution in [1.29, 1.82) is 0 Å². The summed E-state index contributed by atoms with van der Waals surface area (Å²) in [5.74, 6) is -2.99. The third kappa shape index (κ3) is 8.29. The van der Waals surface area contributed by atoms with E-state index in [0.29, 0.717) is 6.07 Å². The van der Waals surface area contributed by atoms with E-state index in [0.717, 1.165) is 30.3 Å². The number of halogens is 6. The van der Waals surface area contributed by atoms with Crippen molar-refractivity contribution in [3.8, 4) is 17.2 Å². The fourth-order valence-corrected chi connectivity index (χ4v) is 3.66. The van der Waals surface area contributed by atoms with E-state index in [4.69, 9.17) is 21.1 Å². The normalized spacial score (nSPS) is 12.4. The van der Waals surface area contributed by atoms with Crippen molar-refractivity contribution in [3.63, 3.8) is 0 Å². The number of ether oxygens (including phenoxy) is 2. The van der Waals surface area contributed by atoms with E-state index in [1.165, 1.54) is 19.1 Å². The average molecular weight is 573 g/mol. The Kier molecular flexibility index (Phi) is 9.76. The number of hydrogen-bond donors (Lipinski definition) is 3. The van der Waals surface area contributed by atoms with Crippen LogP contribution in [0.2, 0.25) is 5.02 Å². The summed E-state index contributed by atoms with van der Waals surface area (Å²) >= 11 is 5.85. The number of benzene rings is 3. The van der Waals surface area contributed by atoms with Crippen molar-refractivity contribution in [1.82, 2.24) is 5.32 Å². The fraction of sp³-hybridized carbons (Fsp3) is 0.296. The molecule has 0 radical (unpaired) electrons. The van der Waals surface area contributed by atoms with Gasteiger partial charge in [0.15, 0.2) is 11.6 Å². The SMILES string of the molecule is Cc1cc(F)ccc1Oc1cc(C(F)(F)F)c(Cl)cc1C(=O)Nc1ccc(F)c(OCC(O)CNC(C)C)c1. The predicted molar refractivity (Wildman–Crippen MR) is 137 cm³/mol. The quantitative estimate of drug-likeness (QED) is 0.235. The molecule has 3 aromatic carbocycles. The topological polar surface area (TPSA) is 79.8 Å². The molecule has 0 bridgehead atoms. The van der Waals surface area contributed by atoms with Gasteiger partial charge in [-0.2, -0.15) is 13.2 Å². The van der Waals surface area contributed by atoms with E-state index in [9.17, 15) is 31.9 Å². The van der Waals surface area contributed by atoms with Crippen molar-refractivity contribution in [2.45, 2.75) is 39.1 Å². The molecule has 0 aliphatic rings. The Bertz CT molecular complexity index is 1330. The van der Waals surface area contributed by atoms with Gasteiger partial charge in [-0.15, -0.1) is 0 Å². The Morgan fingerprint density at radius 3 is 2.38 bits per heavy atom. The third-order valence-electron chi connectivity index (χ3n) is 5.36. The molecular formula is C27H26ClF5N2O4. The summed E-state index contributed by atoms with van der Waals surface area (Å²) in [6, 6.07) is 8.27. The number of carbonyl (C=O) groups is 1. The second-order valence-corrected chi connectivity index (χ2v) is 9.37. The van der Waals surface area contributed by atoms with Crippen LogP contribution < -0.4 is 20.1 Å². The minimum atomic E-state index is -4.85. The molecule has 3 rings (SSSR count). The Morgan fingerprint density at radius 1 is 1.03 bits per heavy atom. The Balaban J connectivity index is 1.88. The molecule has 1 amide bonds. The molecule has 0 aliphatic heterocycles. The highest BCUT2D eigenvalue weighted by Crippen LogP contribution is 2.40. The first-order valence-electron chi connectivity index (χ1n) is 11.7. The summed E-state index contributed by atoms with van der Waals surface area (Å²) in [4.78, 5) is 13.1. The lowest BCUT2D eigenvalue weighted by Gasteiger charge is -2.18. The molecule has 39 heavy (non-hydrogen) atoms. The van der Waals surface area contributed by atoms with Gasteiger partial charge >= 0.3 is 6.18 Å². The van der Waals surface area contributed by atoms with Gasteiger partial charge in [0, 0.05) is 24.3 Å². The number of hydrogen-bond acceptors (Lipinski definition) is 5. The number of aryl methyl sites for hydroxylation is 1. The molecular weight excluding hydrogens is 547 g/mol. The molecule has 0 aromatic heterocycles. The van der Waals surface area contributed by atoms with Crippen molar-refractivity contribution < 1.29 is 41.3 Å². The van der Waals surface area contributed by atoms with Gasteiger partial charge in [0.25, 0.3) is 5.91 Å². The Hall–Kier alpha value is -3.41. The van der Waals surface area contributed by atoms with E-state index in [2.05, 4.69) is 10.6 Å². The van der Waals surface area contributed by atoms with Crippen LogP contribution >= 0.6 is 11.6 Å². The first-order chi connectivity index (χ1) is 18.2. The van der Waals surface area contributed by atoms with Crippen LogP contribution in [0.1, 0.15) is 35.3 Å². The first-order valence-corrected chi connectivity index (χ1v) is 12.1. The Labute approximate surface area is 226 Å². The van der Waals surface area contributed by atoms with Crippen LogP contribution in [0.3, 0.4) is 0 Å². The number of nitrogens with one attached hydrogen (secondary N) is 2. The van der Waals surface area contributed by atoms with Crippen LogP contribution in [0.25, 0.3) is 0 Å². The lowest BCUT2D eigenvalue weighted by molar-refractivity contribution is -0.137. The van der Waals surface area contributed by atoms with Crippen molar-refractivity contribution in [3.05, 3.63) is 81.9 Å². The fourth-order valence-electron chi connectivity index (χ4n) is 3.39. The maximum absolute atomic E-state index is 14.3. The molecule has 0 aliphatic carbocycles. The summed E-state index contributed by atoms with van der Waals surface area (Å²) in [5.41, 5.74) is -1.28. The van der Waals surface area contributed by atoms with Gasteiger partial charge in [-0.1, -0.05) is 25.4 Å². The van der Waals surface area contributed by atoms with Gasteiger partial charge in [0.2, 0.25) is 0 Å². The minimum absolute atomic E-state index is 0.0175. The molecule has 210 valence electrons.